The standard InChI is InChI=1S/C23H33NO4/c1-15(2)7-6-8-16(3)9-11-22(4,5)13-24-14-23-12-10-17(28-23)18(21(26)27)19(23)20(24)25/h7,9-10,12,17-19H,6,8,11,13-14H2,1-5H3,(H,26,27). The number of carboxylic acids is 1. The number of likely N-dealkylation sites (tertiary alicyclic amines) is 1. The van der Waals surface area contributed by atoms with Gasteiger partial charge in [0.05, 0.1) is 18.6 Å². The van der Waals surface area contributed by atoms with E-state index in [0.717, 1.165) is 19.3 Å². The van der Waals surface area contributed by atoms with Crippen LogP contribution in [0, 0.1) is 17.3 Å². The van der Waals surface area contributed by atoms with Gasteiger partial charge in [-0.2, -0.15) is 0 Å². The molecule has 28 heavy (non-hydrogen) atoms. The average molecular weight is 388 g/mol. The van der Waals surface area contributed by atoms with Gasteiger partial charge in [0.2, 0.25) is 5.91 Å². The molecule has 0 aromatic heterocycles. The summed E-state index contributed by atoms with van der Waals surface area (Å²) in [6, 6.07) is 0. The first-order chi connectivity index (χ1) is 13.0. The number of ether oxygens (including phenoxy) is 1. The third-order valence-corrected chi connectivity index (χ3v) is 6.18. The van der Waals surface area contributed by atoms with Crippen molar-refractivity contribution in [3.63, 3.8) is 0 Å². The van der Waals surface area contributed by atoms with Crippen molar-refractivity contribution in [2.75, 3.05) is 13.1 Å². The summed E-state index contributed by atoms with van der Waals surface area (Å²) >= 11 is 0. The molecular weight excluding hydrogens is 354 g/mol. The molecule has 3 aliphatic rings. The second kappa shape index (κ2) is 7.51. The van der Waals surface area contributed by atoms with Crippen LogP contribution in [0.2, 0.25) is 0 Å². The largest absolute Gasteiger partial charge is 0.481 e. The number of fused-ring (bicyclic) bond motifs is 1. The molecule has 3 aliphatic heterocycles. The Balaban J connectivity index is 1.62. The molecule has 5 nitrogen and oxygen atoms in total. The van der Waals surface area contributed by atoms with Gasteiger partial charge in [-0.15, -0.1) is 0 Å². The van der Waals surface area contributed by atoms with Crippen LogP contribution in [-0.2, 0) is 14.3 Å². The van der Waals surface area contributed by atoms with E-state index in [0.29, 0.717) is 13.1 Å². The van der Waals surface area contributed by atoms with E-state index in [-0.39, 0.29) is 11.3 Å². The fourth-order valence-electron chi connectivity index (χ4n) is 4.72. The van der Waals surface area contributed by atoms with Gasteiger partial charge in [0, 0.05) is 6.54 Å². The Morgan fingerprint density at radius 2 is 2.07 bits per heavy atom. The summed E-state index contributed by atoms with van der Waals surface area (Å²) in [7, 11) is 0. The number of amides is 1. The molecule has 4 atom stereocenters. The molecule has 0 saturated carbocycles. The zero-order valence-electron chi connectivity index (χ0n) is 17.7. The quantitative estimate of drug-likeness (QED) is 0.640. The molecule has 0 radical (unpaired) electrons. The smallest absolute Gasteiger partial charge is 0.310 e. The maximum Gasteiger partial charge on any atom is 0.310 e. The fraction of sp³-hybridized carbons (Fsp3) is 0.652. The van der Waals surface area contributed by atoms with Gasteiger partial charge in [-0.25, -0.2) is 0 Å². The highest BCUT2D eigenvalue weighted by Crippen LogP contribution is 2.52. The molecule has 3 rings (SSSR count). The Hall–Kier alpha value is -1.88. The van der Waals surface area contributed by atoms with Crippen molar-refractivity contribution in [1.82, 2.24) is 4.90 Å². The minimum atomic E-state index is -0.939. The highest BCUT2D eigenvalue weighted by molar-refractivity contribution is 5.90. The summed E-state index contributed by atoms with van der Waals surface area (Å²) in [5.41, 5.74) is 1.89. The van der Waals surface area contributed by atoms with E-state index < -0.39 is 29.5 Å². The van der Waals surface area contributed by atoms with E-state index in [2.05, 4.69) is 46.8 Å². The van der Waals surface area contributed by atoms with Crippen LogP contribution in [-0.4, -0.2) is 46.7 Å². The molecular formula is C23H33NO4. The number of allylic oxidation sites excluding steroid dienone is 4. The van der Waals surface area contributed by atoms with Crippen molar-refractivity contribution in [3.05, 3.63) is 35.5 Å². The van der Waals surface area contributed by atoms with Crippen LogP contribution in [0.15, 0.2) is 35.5 Å². The Bertz CT molecular complexity index is 744. The number of carbonyl (C=O) groups is 2. The van der Waals surface area contributed by atoms with E-state index in [1.165, 1.54) is 11.1 Å². The van der Waals surface area contributed by atoms with Gasteiger partial charge in [0.25, 0.3) is 0 Å². The predicted octanol–water partition coefficient (Wildman–Crippen LogP) is 3.96. The Morgan fingerprint density at radius 1 is 1.36 bits per heavy atom. The number of hydrogen-bond donors (Lipinski definition) is 1. The normalized spacial score (nSPS) is 31.5. The van der Waals surface area contributed by atoms with Gasteiger partial charge in [0.15, 0.2) is 0 Å². The molecule has 3 heterocycles. The molecule has 2 saturated heterocycles. The maximum absolute atomic E-state index is 13.0. The number of rotatable bonds is 8. The lowest BCUT2D eigenvalue weighted by atomic mass is 9.77. The van der Waals surface area contributed by atoms with Crippen LogP contribution >= 0.6 is 0 Å². The predicted molar refractivity (Wildman–Crippen MR) is 109 cm³/mol. The van der Waals surface area contributed by atoms with Crippen molar-refractivity contribution in [2.24, 2.45) is 17.3 Å². The molecule has 154 valence electrons. The van der Waals surface area contributed by atoms with Crippen molar-refractivity contribution in [1.29, 1.82) is 0 Å². The zero-order chi connectivity index (χ0) is 20.7. The number of carboxylic acid groups (broad SMARTS) is 1. The van der Waals surface area contributed by atoms with Crippen LogP contribution in [0.5, 0.6) is 0 Å². The lowest BCUT2D eigenvalue weighted by Gasteiger charge is -2.31. The molecule has 1 amide bonds. The van der Waals surface area contributed by atoms with E-state index in [9.17, 15) is 14.7 Å². The lowest BCUT2D eigenvalue weighted by Crippen LogP contribution is -2.40. The molecule has 0 aromatic rings. The third-order valence-electron chi connectivity index (χ3n) is 6.18. The molecule has 1 N–H and O–H groups in total. The molecule has 1 spiro atoms. The Kier molecular flexibility index (Phi) is 5.59. The number of hydrogen-bond acceptors (Lipinski definition) is 3. The topological polar surface area (TPSA) is 66.8 Å². The number of nitrogens with zero attached hydrogens (tertiary/aromatic N) is 1. The van der Waals surface area contributed by atoms with Gasteiger partial charge >= 0.3 is 5.97 Å². The molecule has 2 fully saturated rings. The first-order valence-corrected chi connectivity index (χ1v) is 10.2. The number of carbonyl (C=O) groups excluding carboxylic acids is 1. The first-order valence-electron chi connectivity index (χ1n) is 10.2. The minimum Gasteiger partial charge on any atom is -0.481 e. The van der Waals surface area contributed by atoms with Crippen molar-refractivity contribution < 1.29 is 19.4 Å². The Morgan fingerprint density at radius 3 is 2.71 bits per heavy atom. The van der Waals surface area contributed by atoms with Crippen LogP contribution in [0.1, 0.15) is 53.9 Å². The minimum absolute atomic E-state index is 0.0726. The second-order valence-electron chi connectivity index (χ2n) is 9.67. The Labute approximate surface area is 168 Å². The van der Waals surface area contributed by atoms with E-state index in [1.54, 1.807) is 0 Å². The summed E-state index contributed by atoms with van der Waals surface area (Å²) in [6.07, 6.45) is 10.8. The molecule has 4 unspecified atom stereocenters. The van der Waals surface area contributed by atoms with Gasteiger partial charge in [-0.1, -0.05) is 49.3 Å². The highest BCUT2D eigenvalue weighted by atomic mass is 16.5. The number of aliphatic carboxylic acids is 1. The molecule has 0 aliphatic carbocycles. The van der Waals surface area contributed by atoms with Crippen molar-refractivity contribution in [3.8, 4) is 0 Å². The SMILES string of the molecule is CC(C)=CCCC(C)=CCC(C)(C)CN1CC23C=CC(O2)C(C(=O)O)C3C1=O. The third kappa shape index (κ3) is 3.95. The van der Waals surface area contributed by atoms with Crippen LogP contribution < -0.4 is 0 Å². The van der Waals surface area contributed by atoms with E-state index >= 15 is 0 Å². The summed E-state index contributed by atoms with van der Waals surface area (Å²) in [5, 5.41) is 9.57. The zero-order valence-corrected chi connectivity index (χ0v) is 17.7. The van der Waals surface area contributed by atoms with Gasteiger partial charge in [0.1, 0.15) is 11.5 Å². The van der Waals surface area contributed by atoms with Gasteiger partial charge in [-0.05, 0) is 45.4 Å². The van der Waals surface area contributed by atoms with Crippen LogP contribution in [0.3, 0.4) is 0 Å². The summed E-state index contributed by atoms with van der Waals surface area (Å²) in [4.78, 5) is 26.5. The summed E-state index contributed by atoms with van der Waals surface area (Å²) in [6.45, 7) is 11.8. The maximum atomic E-state index is 13.0. The van der Waals surface area contributed by atoms with Gasteiger partial charge < -0.3 is 14.7 Å². The fourth-order valence-corrected chi connectivity index (χ4v) is 4.72. The van der Waals surface area contributed by atoms with E-state index in [1.807, 2.05) is 17.1 Å². The molecule has 5 heteroatoms. The summed E-state index contributed by atoms with van der Waals surface area (Å²) in [5.74, 6) is -2.36. The highest BCUT2D eigenvalue weighted by Gasteiger charge is 2.67. The molecule has 2 bridgehead atoms. The first kappa shape index (κ1) is 20.8. The van der Waals surface area contributed by atoms with E-state index in [4.69, 9.17) is 4.74 Å². The van der Waals surface area contributed by atoms with Gasteiger partial charge in [-0.3, -0.25) is 9.59 Å². The lowest BCUT2D eigenvalue weighted by molar-refractivity contribution is -0.148. The monoisotopic (exact) mass is 387 g/mol. The van der Waals surface area contributed by atoms with Crippen molar-refractivity contribution in [2.45, 2.75) is 65.6 Å². The van der Waals surface area contributed by atoms with Crippen molar-refractivity contribution >= 4 is 11.9 Å². The van der Waals surface area contributed by atoms with Crippen LogP contribution in [0.4, 0.5) is 0 Å². The average Bonchev–Trinajstić information content (AvgIpc) is 3.21. The van der Waals surface area contributed by atoms with Crippen LogP contribution in [0.25, 0.3) is 0 Å². The second-order valence-corrected chi connectivity index (χ2v) is 9.67. The summed E-state index contributed by atoms with van der Waals surface area (Å²) < 4.78 is 5.96. The molecule has 0 aromatic carbocycles.